The second-order valence-corrected chi connectivity index (χ2v) is 7.01. The fourth-order valence-electron chi connectivity index (χ4n) is 2.71. The van der Waals surface area contributed by atoms with Crippen molar-refractivity contribution in [3.05, 3.63) is 89.6 Å². The molecule has 2 aromatic carbocycles. The first-order chi connectivity index (χ1) is 13.2. The summed E-state index contributed by atoms with van der Waals surface area (Å²) in [5.41, 5.74) is 1.03. The molecule has 0 heterocycles. The molecule has 0 amide bonds. The average Bonchev–Trinajstić information content (AvgIpc) is 2.66. The van der Waals surface area contributed by atoms with Crippen molar-refractivity contribution in [2.75, 3.05) is 6.54 Å². The van der Waals surface area contributed by atoms with Crippen LogP contribution in [0.15, 0.2) is 78.5 Å². The van der Waals surface area contributed by atoms with Crippen molar-refractivity contribution in [2.45, 2.75) is 39.0 Å². The maximum Gasteiger partial charge on any atom is 0.430 e. The van der Waals surface area contributed by atoms with Gasteiger partial charge in [0.1, 0.15) is 18.1 Å². The van der Waals surface area contributed by atoms with Gasteiger partial charge in [0.25, 0.3) is 0 Å². The third kappa shape index (κ3) is 6.48. The molecule has 0 aliphatic carbocycles. The summed E-state index contributed by atoms with van der Waals surface area (Å²) in [5, 5.41) is 2.41. The van der Waals surface area contributed by atoms with E-state index in [0.29, 0.717) is 6.61 Å². The van der Waals surface area contributed by atoms with Crippen molar-refractivity contribution < 1.29 is 17.9 Å². The van der Waals surface area contributed by atoms with Crippen LogP contribution < -0.4 is 10.1 Å². The zero-order valence-electron chi connectivity index (χ0n) is 16.4. The molecule has 0 fully saturated rings. The third-order valence-electron chi connectivity index (χ3n) is 4.37. The molecule has 5 heteroatoms. The summed E-state index contributed by atoms with van der Waals surface area (Å²) in [7, 11) is 0. The highest BCUT2D eigenvalue weighted by molar-refractivity contribution is 5.36. The summed E-state index contributed by atoms with van der Waals surface area (Å²) in [5.74, 6) is 0.759. The van der Waals surface area contributed by atoms with Gasteiger partial charge in [-0.3, -0.25) is 0 Å². The zero-order valence-corrected chi connectivity index (χ0v) is 16.4. The van der Waals surface area contributed by atoms with Crippen LogP contribution in [-0.4, -0.2) is 12.7 Å². The van der Waals surface area contributed by atoms with Crippen LogP contribution in [0.5, 0.6) is 5.75 Å². The Bertz CT molecular complexity index is 808. The van der Waals surface area contributed by atoms with Crippen molar-refractivity contribution in [3.63, 3.8) is 0 Å². The third-order valence-corrected chi connectivity index (χ3v) is 4.37. The van der Waals surface area contributed by atoms with Crippen LogP contribution in [0.25, 0.3) is 0 Å². The lowest BCUT2D eigenvalue weighted by molar-refractivity contribution is -0.0965. The second kappa shape index (κ2) is 9.49. The Labute approximate surface area is 164 Å². The van der Waals surface area contributed by atoms with E-state index in [1.807, 2.05) is 74.5 Å². The van der Waals surface area contributed by atoms with Gasteiger partial charge in [0.15, 0.2) is 0 Å². The first kappa shape index (κ1) is 21.6. The molecule has 0 aliphatic rings. The molecule has 0 radical (unpaired) electrons. The maximum absolute atomic E-state index is 12.7. The normalized spacial score (nSPS) is 13.0. The predicted octanol–water partition coefficient (Wildman–Crippen LogP) is 6.16. The molecule has 0 aromatic heterocycles. The summed E-state index contributed by atoms with van der Waals surface area (Å²) >= 11 is 0. The SMILES string of the molecule is C/C=C(\NC/C=C/C(C)(C)c1cccc(OCc2ccccc2)c1)C(F)(F)F. The molecule has 0 bridgehead atoms. The van der Waals surface area contributed by atoms with Gasteiger partial charge in [-0.05, 0) is 30.2 Å². The Morgan fingerprint density at radius 3 is 2.39 bits per heavy atom. The Morgan fingerprint density at radius 2 is 1.75 bits per heavy atom. The summed E-state index contributed by atoms with van der Waals surface area (Å²) in [4.78, 5) is 0. The minimum atomic E-state index is -4.36. The standard InChI is InChI=1S/C23H26F3NO/c1-4-21(23(24,25)26)27-15-9-14-22(2,3)19-12-8-13-20(16-19)28-17-18-10-6-5-7-11-18/h4-14,16,27H,15,17H2,1-3H3/b14-9+,21-4-. The Morgan fingerprint density at radius 1 is 1.04 bits per heavy atom. The number of rotatable bonds is 8. The largest absolute Gasteiger partial charge is 0.489 e. The lowest BCUT2D eigenvalue weighted by Crippen LogP contribution is -2.26. The number of hydrogen-bond donors (Lipinski definition) is 1. The van der Waals surface area contributed by atoms with Crippen molar-refractivity contribution in [1.82, 2.24) is 5.32 Å². The molecule has 150 valence electrons. The van der Waals surface area contributed by atoms with E-state index in [1.54, 1.807) is 6.08 Å². The van der Waals surface area contributed by atoms with Gasteiger partial charge < -0.3 is 10.1 Å². The summed E-state index contributed by atoms with van der Waals surface area (Å²) in [6.45, 7) is 5.98. The molecule has 0 saturated heterocycles. The fraction of sp³-hybridized carbons (Fsp3) is 0.304. The number of ether oxygens (including phenoxy) is 1. The van der Waals surface area contributed by atoms with Crippen LogP contribution >= 0.6 is 0 Å². The van der Waals surface area contributed by atoms with Crippen molar-refractivity contribution in [3.8, 4) is 5.75 Å². The van der Waals surface area contributed by atoms with Crippen LogP contribution in [0, 0.1) is 0 Å². The van der Waals surface area contributed by atoms with Gasteiger partial charge in [0, 0.05) is 12.0 Å². The number of benzene rings is 2. The molecule has 0 spiro atoms. The fourth-order valence-corrected chi connectivity index (χ4v) is 2.71. The molecular formula is C23H26F3NO. The minimum Gasteiger partial charge on any atom is -0.489 e. The summed E-state index contributed by atoms with van der Waals surface area (Å²) in [6.07, 6.45) is 0.293. The smallest absolute Gasteiger partial charge is 0.430 e. The minimum absolute atomic E-state index is 0.104. The van der Waals surface area contributed by atoms with Gasteiger partial charge in [-0.15, -0.1) is 0 Å². The summed E-state index contributed by atoms with van der Waals surface area (Å²) < 4.78 is 44.0. The number of nitrogens with one attached hydrogen (secondary N) is 1. The highest BCUT2D eigenvalue weighted by atomic mass is 19.4. The molecule has 2 rings (SSSR count). The van der Waals surface area contributed by atoms with Gasteiger partial charge in [0.2, 0.25) is 0 Å². The topological polar surface area (TPSA) is 21.3 Å². The number of hydrogen-bond acceptors (Lipinski definition) is 2. The van der Waals surface area contributed by atoms with Crippen LogP contribution in [0.2, 0.25) is 0 Å². The highest BCUT2D eigenvalue weighted by Gasteiger charge is 2.32. The van der Waals surface area contributed by atoms with Crippen molar-refractivity contribution in [2.24, 2.45) is 0 Å². The van der Waals surface area contributed by atoms with Gasteiger partial charge >= 0.3 is 6.18 Å². The molecule has 2 aromatic rings. The molecule has 0 saturated carbocycles. The molecular weight excluding hydrogens is 363 g/mol. The van der Waals surface area contributed by atoms with E-state index in [9.17, 15) is 13.2 Å². The number of allylic oxidation sites excluding steroid dienone is 3. The lowest BCUT2D eigenvalue weighted by Gasteiger charge is -2.22. The van der Waals surface area contributed by atoms with Crippen LogP contribution in [-0.2, 0) is 12.0 Å². The first-order valence-electron chi connectivity index (χ1n) is 9.15. The van der Waals surface area contributed by atoms with E-state index in [2.05, 4.69) is 5.32 Å². The highest BCUT2D eigenvalue weighted by Crippen LogP contribution is 2.28. The molecule has 0 atom stereocenters. The Hall–Kier alpha value is -2.69. The quantitative estimate of drug-likeness (QED) is 0.546. The predicted molar refractivity (Wildman–Crippen MR) is 107 cm³/mol. The van der Waals surface area contributed by atoms with E-state index in [0.717, 1.165) is 23.0 Å². The van der Waals surface area contributed by atoms with E-state index >= 15 is 0 Å². The lowest BCUT2D eigenvalue weighted by atomic mass is 9.84. The molecule has 1 N–H and O–H groups in total. The molecule has 2 nitrogen and oxygen atoms in total. The van der Waals surface area contributed by atoms with Gasteiger partial charge in [-0.2, -0.15) is 13.2 Å². The monoisotopic (exact) mass is 389 g/mol. The Balaban J connectivity index is 1.98. The molecule has 28 heavy (non-hydrogen) atoms. The van der Waals surface area contributed by atoms with E-state index in [1.165, 1.54) is 6.92 Å². The second-order valence-electron chi connectivity index (χ2n) is 7.01. The van der Waals surface area contributed by atoms with Gasteiger partial charge in [0.05, 0.1) is 0 Å². The van der Waals surface area contributed by atoms with E-state index in [-0.39, 0.29) is 12.0 Å². The van der Waals surface area contributed by atoms with Crippen LogP contribution in [0.4, 0.5) is 13.2 Å². The van der Waals surface area contributed by atoms with Gasteiger partial charge in [-0.1, -0.05) is 74.5 Å². The first-order valence-corrected chi connectivity index (χ1v) is 9.15. The van der Waals surface area contributed by atoms with Crippen molar-refractivity contribution >= 4 is 0 Å². The van der Waals surface area contributed by atoms with Crippen molar-refractivity contribution in [1.29, 1.82) is 0 Å². The van der Waals surface area contributed by atoms with E-state index in [4.69, 9.17) is 4.74 Å². The number of alkyl halides is 3. The molecule has 0 unspecified atom stereocenters. The van der Waals surface area contributed by atoms with Gasteiger partial charge in [-0.25, -0.2) is 0 Å². The Kier molecular flexibility index (Phi) is 7.32. The zero-order chi connectivity index (χ0) is 20.6. The number of halogens is 3. The van der Waals surface area contributed by atoms with E-state index < -0.39 is 11.9 Å². The molecule has 0 aliphatic heterocycles. The van der Waals surface area contributed by atoms with Crippen LogP contribution in [0.1, 0.15) is 31.9 Å². The average molecular weight is 389 g/mol. The summed E-state index contributed by atoms with van der Waals surface area (Å²) in [6, 6.07) is 17.7. The van der Waals surface area contributed by atoms with Crippen LogP contribution in [0.3, 0.4) is 0 Å². The maximum atomic E-state index is 12.7.